The zero-order valence-electron chi connectivity index (χ0n) is 23.6. The predicted octanol–water partition coefficient (Wildman–Crippen LogP) is 9.52. The van der Waals surface area contributed by atoms with Crippen LogP contribution in [0.5, 0.6) is 11.5 Å². The number of unbranched alkanes of at least 4 members (excludes halogenated alkanes) is 5. The molecular formula is C34H47NO2. The Morgan fingerprint density at radius 2 is 1.38 bits per heavy atom. The molecule has 0 radical (unpaired) electrons. The maximum absolute atomic E-state index is 10.6. The molecule has 0 aromatic heterocycles. The van der Waals surface area contributed by atoms with Crippen molar-refractivity contribution < 1.29 is 9.84 Å². The van der Waals surface area contributed by atoms with Crippen LogP contribution >= 0.6 is 0 Å². The topological polar surface area (TPSA) is 41.8 Å². The maximum Gasteiger partial charge on any atom is 0.141 e. The van der Waals surface area contributed by atoms with E-state index in [0.717, 1.165) is 24.3 Å². The fraction of sp³-hybridized carbons (Fsp3) is 0.618. The van der Waals surface area contributed by atoms with Crippen molar-refractivity contribution in [3.8, 4) is 11.5 Å². The van der Waals surface area contributed by atoms with Crippen molar-refractivity contribution in [2.75, 3.05) is 6.61 Å². The van der Waals surface area contributed by atoms with E-state index < -0.39 is 0 Å². The Hall–Kier alpha value is -2.29. The lowest BCUT2D eigenvalue weighted by Crippen LogP contribution is -2.60. The Morgan fingerprint density at radius 1 is 0.784 bits per heavy atom. The third kappa shape index (κ3) is 5.76. The SMILES string of the molecule is CCCCCCCCOc1ccc(C=Nc2cc(C34CC5(C)CC(C)(CC(C)(C5)C3)C4)ccc2O)cc1. The molecule has 1 N–H and O–H groups in total. The molecule has 37 heavy (non-hydrogen) atoms. The molecule has 0 spiro atoms. The van der Waals surface area contributed by atoms with Crippen LogP contribution in [0.15, 0.2) is 47.5 Å². The standard InChI is InChI=1S/C34H47NO2/c1-5-6-7-8-9-10-17-37-28-14-11-26(12-15-28)19-35-29-18-27(13-16-30(29)36)34-23-31(2)20-32(3,24-34)22-33(4,21-31)25-34/h11-16,18-19,36H,5-10,17,20-25H2,1-4H3. The van der Waals surface area contributed by atoms with Gasteiger partial charge in [0.25, 0.3) is 0 Å². The van der Waals surface area contributed by atoms with Gasteiger partial charge >= 0.3 is 0 Å². The third-order valence-corrected chi connectivity index (χ3v) is 9.44. The van der Waals surface area contributed by atoms with Crippen LogP contribution in [-0.4, -0.2) is 17.9 Å². The summed E-state index contributed by atoms with van der Waals surface area (Å²) >= 11 is 0. The first kappa shape index (κ1) is 26.3. The van der Waals surface area contributed by atoms with Gasteiger partial charge in [-0.2, -0.15) is 0 Å². The summed E-state index contributed by atoms with van der Waals surface area (Å²) in [6.45, 7) is 10.6. The molecule has 4 bridgehead atoms. The summed E-state index contributed by atoms with van der Waals surface area (Å²) in [5, 5.41) is 10.6. The van der Waals surface area contributed by atoms with E-state index in [2.05, 4.69) is 39.8 Å². The molecule has 6 rings (SSSR count). The summed E-state index contributed by atoms with van der Waals surface area (Å²) in [5.74, 6) is 1.17. The Morgan fingerprint density at radius 3 is 2.00 bits per heavy atom. The van der Waals surface area contributed by atoms with Gasteiger partial charge in [-0.15, -0.1) is 0 Å². The second-order valence-corrected chi connectivity index (χ2v) is 13.9. The molecule has 3 heteroatoms. The Bertz CT molecular complexity index is 1060. The van der Waals surface area contributed by atoms with E-state index in [1.165, 1.54) is 76.2 Å². The molecule has 2 aromatic carbocycles. The van der Waals surface area contributed by atoms with Crippen LogP contribution in [-0.2, 0) is 5.41 Å². The van der Waals surface area contributed by atoms with Gasteiger partial charge in [0.05, 0.1) is 6.61 Å². The highest BCUT2D eigenvalue weighted by Gasteiger charge is 2.64. The van der Waals surface area contributed by atoms with Gasteiger partial charge < -0.3 is 9.84 Å². The van der Waals surface area contributed by atoms with Crippen molar-refractivity contribution >= 4 is 11.9 Å². The molecule has 0 unspecified atom stereocenters. The fourth-order valence-corrected chi connectivity index (χ4v) is 9.42. The molecule has 4 aliphatic rings. The minimum atomic E-state index is 0.208. The molecule has 0 saturated heterocycles. The summed E-state index contributed by atoms with van der Waals surface area (Å²) in [6, 6.07) is 14.3. The normalized spacial score (nSPS) is 32.3. The zero-order valence-corrected chi connectivity index (χ0v) is 23.6. The third-order valence-electron chi connectivity index (χ3n) is 9.44. The lowest BCUT2D eigenvalue weighted by Gasteiger charge is -2.69. The van der Waals surface area contributed by atoms with Crippen LogP contribution < -0.4 is 4.74 Å². The van der Waals surface area contributed by atoms with Crippen LogP contribution in [0.25, 0.3) is 0 Å². The number of nitrogens with zero attached hydrogens (tertiary/aromatic N) is 1. The number of phenols is 1. The molecule has 0 atom stereocenters. The Balaban J connectivity index is 1.24. The highest BCUT2D eigenvalue weighted by Crippen LogP contribution is 2.73. The van der Waals surface area contributed by atoms with Crippen molar-refractivity contribution in [3.63, 3.8) is 0 Å². The minimum absolute atomic E-state index is 0.208. The molecule has 3 nitrogen and oxygen atoms in total. The van der Waals surface area contributed by atoms with Crippen LogP contribution in [0.2, 0.25) is 0 Å². The number of benzene rings is 2. The van der Waals surface area contributed by atoms with Gasteiger partial charge in [-0.1, -0.05) is 65.9 Å². The quantitative estimate of drug-likeness (QED) is 0.246. The average molecular weight is 502 g/mol. The molecule has 0 aliphatic heterocycles. The van der Waals surface area contributed by atoms with Crippen LogP contribution in [0.3, 0.4) is 0 Å². The molecular weight excluding hydrogens is 454 g/mol. The zero-order chi connectivity index (χ0) is 26.2. The molecule has 2 aromatic rings. The van der Waals surface area contributed by atoms with Gasteiger partial charge in [0.1, 0.15) is 17.2 Å². The first-order valence-electron chi connectivity index (χ1n) is 14.7. The van der Waals surface area contributed by atoms with Crippen LogP contribution in [0.4, 0.5) is 5.69 Å². The summed E-state index contributed by atoms with van der Waals surface area (Å²) in [4.78, 5) is 4.74. The van der Waals surface area contributed by atoms with Crippen molar-refractivity contribution in [1.29, 1.82) is 0 Å². The second kappa shape index (κ2) is 10.1. The predicted molar refractivity (Wildman–Crippen MR) is 154 cm³/mol. The van der Waals surface area contributed by atoms with Crippen molar-refractivity contribution in [2.24, 2.45) is 21.2 Å². The summed E-state index contributed by atoms with van der Waals surface area (Å²) in [6.07, 6.45) is 17.4. The second-order valence-electron chi connectivity index (χ2n) is 13.9. The first-order chi connectivity index (χ1) is 17.6. The molecule has 4 aliphatic carbocycles. The monoisotopic (exact) mass is 501 g/mol. The number of aliphatic imine (C=N–C) groups is 1. The van der Waals surface area contributed by atoms with Crippen LogP contribution in [0, 0.1) is 16.2 Å². The van der Waals surface area contributed by atoms with E-state index in [1.54, 1.807) is 0 Å². The number of aromatic hydroxyl groups is 1. The van der Waals surface area contributed by atoms with Gasteiger partial charge in [-0.05, 0) is 114 Å². The smallest absolute Gasteiger partial charge is 0.141 e. The van der Waals surface area contributed by atoms with Crippen molar-refractivity contribution in [1.82, 2.24) is 0 Å². The number of phenolic OH excluding ortho intramolecular Hbond substituents is 1. The molecule has 200 valence electrons. The first-order valence-corrected chi connectivity index (χ1v) is 14.7. The molecule has 4 fully saturated rings. The Kier molecular flexibility index (Phi) is 7.20. The van der Waals surface area contributed by atoms with Crippen molar-refractivity contribution in [2.45, 2.75) is 110 Å². The van der Waals surface area contributed by atoms with Gasteiger partial charge in [-0.3, -0.25) is 4.99 Å². The maximum atomic E-state index is 10.6. The number of rotatable bonds is 11. The molecule has 4 saturated carbocycles. The minimum Gasteiger partial charge on any atom is -0.506 e. The van der Waals surface area contributed by atoms with E-state index >= 15 is 0 Å². The number of ether oxygens (including phenoxy) is 1. The van der Waals surface area contributed by atoms with E-state index in [-0.39, 0.29) is 11.2 Å². The number of hydrogen-bond donors (Lipinski definition) is 1. The molecule has 0 heterocycles. The van der Waals surface area contributed by atoms with Gasteiger partial charge in [0, 0.05) is 6.21 Å². The average Bonchev–Trinajstić information content (AvgIpc) is 2.80. The van der Waals surface area contributed by atoms with Gasteiger partial charge in [0.2, 0.25) is 0 Å². The Labute approximate surface area is 224 Å². The fourth-order valence-electron chi connectivity index (χ4n) is 9.42. The van der Waals surface area contributed by atoms with E-state index in [1.807, 2.05) is 36.5 Å². The van der Waals surface area contributed by atoms with Crippen molar-refractivity contribution in [3.05, 3.63) is 53.6 Å². The molecule has 0 amide bonds. The summed E-state index contributed by atoms with van der Waals surface area (Å²) < 4.78 is 5.92. The summed E-state index contributed by atoms with van der Waals surface area (Å²) in [7, 11) is 0. The number of hydrogen-bond acceptors (Lipinski definition) is 3. The highest BCUT2D eigenvalue weighted by atomic mass is 16.5. The van der Waals surface area contributed by atoms with E-state index in [9.17, 15) is 5.11 Å². The van der Waals surface area contributed by atoms with Gasteiger partial charge in [-0.25, -0.2) is 0 Å². The highest BCUT2D eigenvalue weighted by molar-refractivity contribution is 5.83. The van der Waals surface area contributed by atoms with Gasteiger partial charge in [0.15, 0.2) is 0 Å². The summed E-state index contributed by atoms with van der Waals surface area (Å²) in [5.41, 5.74) is 4.56. The lowest BCUT2D eigenvalue weighted by atomic mass is 9.35. The van der Waals surface area contributed by atoms with E-state index in [0.29, 0.717) is 21.9 Å². The largest absolute Gasteiger partial charge is 0.506 e. The lowest BCUT2D eigenvalue weighted by molar-refractivity contribution is -0.152. The van der Waals surface area contributed by atoms with Crippen LogP contribution in [0.1, 0.15) is 116 Å². The van der Waals surface area contributed by atoms with E-state index in [4.69, 9.17) is 9.73 Å².